The first-order chi connectivity index (χ1) is 18.9. The van der Waals surface area contributed by atoms with Crippen LogP contribution in [0.3, 0.4) is 0 Å². The Labute approximate surface area is 227 Å². The molecule has 2 aromatic carbocycles. The van der Waals surface area contributed by atoms with E-state index in [-0.39, 0.29) is 25.6 Å². The van der Waals surface area contributed by atoms with Gasteiger partial charge in [-0.1, -0.05) is 42.5 Å². The van der Waals surface area contributed by atoms with Crippen LogP contribution in [0, 0.1) is 5.92 Å². The predicted molar refractivity (Wildman–Crippen MR) is 142 cm³/mol. The first-order valence-corrected chi connectivity index (χ1v) is 13.1. The summed E-state index contributed by atoms with van der Waals surface area (Å²) in [4.78, 5) is 53.0. The van der Waals surface area contributed by atoms with Crippen molar-refractivity contribution in [3.63, 3.8) is 0 Å². The van der Waals surface area contributed by atoms with Crippen molar-refractivity contribution in [1.29, 1.82) is 0 Å². The van der Waals surface area contributed by atoms with Gasteiger partial charge in [-0.3, -0.25) is 4.79 Å². The van der Waals surface area contributed by atoms with Gasteiger partial charge in [0.05, 0.1) is 19.1 Å². The number of benzene rings is 2. The fourth-order valence-electron chi connectivity index (χ4n) is 4.59. The molecule has 11 nitrogen and oxygen atoms in total. The van der Waals surface area contributed by atoms with Crippen molar-refractivity contribution < 1.29 is 33.8 Å². The van der Waals surface area contributed by atoms with Crippen LogP contribution < -0.4 is 10.6 Å². The Morgan fingerprint density at radius 1 is 0.949 bits per heavy atom. The number of likely N-dealkylation sites (tertiary alicyclic amines) is 1. The van der Waals surface area contributed by atoms with E-state index in [4.69, 9.17) is 9.47 Å². The molecular weight excluding hydrogens is 504 g/mol. The second kappa shape index (κ2) is 13.6. The number of carboxylic acids is 1. The molecule has 0 bridgehead atoms. The lowest BCUT2D eigenvalue weighted by molar-refractivity contribution is -0.142. The van der Waals surface area contributed by atoms with Crippen molar-refractivity contribution in [2.24, 2.45) is 5.92 Å². The SMILES string of the molecule is O=C(N[C@@H](Cc1ccc(NC(=O)N2CCOCC2)cc1)C(=O)O)C1CCCN(C(=O)OCc2ccccc2)C1. The minimum absolute atomic E-state index is 0.0777. The summed E-state index contributed by atoms with van der Waals surface area (Å²) >= 11 is 0. The fourth-order valence-corrected chi connectivity index (χ4v) is 4.59. The van der Waals surface area contributed by atoms with Crippen LogP contribution in [0.4, 0.5) is 15.3 Å². The van der Waals surface area contributed by atoms with E-state index in [1.807, 2.05) is 30.3 Å². The summed E-state index contributed by atoms with van der Waals surface area (Å²) in [6.45, 7) is 2.86. The highest BCUT2D eigenvalue weighted by molar-refractivity contribution is 5.89. The maximum Gasteiger partial charge on any atom is 0.410 e. The Kier molecular flexibility index (Phi) is 9.74. The Morgan fingerprint density at radius 2 is 1.67 bits per heavy atom. The molecule has 2 heterocycles. The highest BCUT2D eigenvalue weighted by Crippen LogP contribution is 2.19. The number of urea groups is 1. The summed E-state index contributed by atoms with van der Waals surface area (Å²) in [5.41, 5.74) is 2.16. The van der Waals surface area contributed by atoms with Crippen LogP contribution in [0.25, 0.3) is 0 Å². The summed E-state index contributed by atoms with van der Waals surface area (Å²) in [5, 5.41) is 15.2. The van der Waals surface area contributed by atoms with Gasteiger partial charge in [-0.05, 0) is 36.1 Å². The maximum atomic E-state index is 13.0. The third-order valence-corrected chi connectivity index (χ3v) is 6.81. The van der Waals surface area contributed by atoms with Gasteiger partial charge >= 0.3 is 18.1 Å². The summed E-state index contributed by atoms with van der Waals surface area (Å²) in [6, 6.07) is 14.8. The molecule has 0 radical (unpaired) electrons. The van der Waals surface area contributed by atoms with Crippen molar-refractivity contribution >= 4 is 29.7 Å². The molecule has 4 rings (SSSR count). The number of piperidine rings is 1. The molecule has 2 aliphatic heterocycles. The first-order valence-electron chi connectivity index (χ1n) is 13.1. The lowest BCUT2D eigenvalue weighted by Gasteiger charge is -2.32. The number of ether oxygens (including phenoxy) is 2. The minimum atomic E-state index is -1.15. The molecule has 2 fully saturated rings. The van der Waals surface area contributed by atoms with Crippen LogP contribution in [0.2, 0.25) is 0 Å². The molecule has 208 valence electrons. The van der Waals surface area contributed by atoms with Crippen molar-refractivity contribution in [2.75, 3.05) is 44.7 Å². The molecule has 2 aliphatic rings. The largest absolute Gasteiger partial charge is 0.480 e. The molecule has 39 heavy (non-hydrogen) atoms. The topological polar surface area (TPSA) is 138 Å². The number of amides is 4. The van der Waals surface area contributed by atoms with Crippen molar-refractivity contribution in [2.45, 2.75) is 31.9 Å². The van der Waals surface area contributed by atoms with Crippen LogP contribution in [-0.2, 0) is 32.1 Å². The van der Waals surface area contributed by atoms with Gasteiger partial charge in [0.15, 0.2) is 0 Å². The van der Waals surface area contributed by atoms with Crippen LogP contribution >= 0.6 is 0 Å². The zero-order valence-corrected chi connectivity index (χ0v) is 21.7. The number of aliphatic carboxylic acids is 1. The van der Waals surface area contributed by atoms with Gasteiger partial charge in [-0.15, -0.1) is 0 Å². The Bertz CT molecular complexity index is 1140. The third-order valence-electron chi connectivity index (χ3n) is 6.81. The molecule has 0 spiro atoms. The summed E-state index contributed by atoms with van der Waals surface area (Å²) in [6.07, 6.45) is 0.757. The fraction of sp³-hybridized carbons (Fsp3) is 0.429. The molecule has 0 aromatic heterocycles. The van der Waals surface area contributed by atoms with E-state index in [2.05, 4.69) is 10.6 Å². The van der Waals surface area contributed by atoms with E-state index >= 15 is 0 Å². The van der Waals surface area contributed by atoms with E-state index in [1.165, 1.54) is 4.90 Å². The first kappa shape index (κ1) is 27.9. The zero-order chi connectivity index (χ0) is 27.6. The van der Waals surface area contributed by atoms with Gasteiger partial charge in [0.25, 0.3) is 0 Å². The molecule has 3 N–H and O–H groups in total. The number of nitrogens with zero attached hydrogens (tertiary/aromatic N) is 2. The molecule has 2 atom stereocenters. The lowest BCUT2D eigenvalue weighted by Crippen LogP contribution is -2.50. The van der Waals surface area contributed by atoms with Crippen LogP contribution in [0.1, 0.15) is 24.0 Å². The number of rotatable bonds is 8. The average Bonchev–Trinajstić information content (AvgIpc) is 2.97. The van der Waals surface area contributed by atoms with Crippen LogP contribution in [0.5, 0.6) is 0 Å². The molecule has 1 unspecified atom stereocenters. The Hall–Kier alpha value is -4.12. The molecular formula is C28H34N4O7. The van der Waals surface area contributed by atoms with Gasteiger partial charge in [0.2, 0.25) is 5.91 Å². The number of nitrogens with one attached hydrogen (secondary N) is 2. The number of carboxylic acid groups (broad SMARTS) is 1. The third kappa shape index (κ3) is 8.18. The normalized spacial score (nSPS) is 18.1. The number of anilines is 1. The number of carbonyl (C=O) groups is 4. The van der Waals surface area contributed by atoms with E-state index in [0.29, 0.717) is 56.9 Å². The predicted octanol–water partition coefficient (Wildman–Crippen LogP) is 2.71. The van der Waals surface area contributed by atoms with E-state index in [9.17, 15) is 24.3 Å². The molecule has 11 heteroatoms. The second-order valence-corrected chi connectivity index (χ2v) is 9.66. The number of hydrogen-bond acceptors (Lipinski definition) is 6. The highest BCUT2D eigenvalue weighted by Gasteiger charge is 2.31. The highest BCUT2D eigenvalue weighted by atomic mass is 16.6. The van der Waals surface area contributed by atoms with E-state index in [1.54, 1.807) is 29.2 Å². The molecule has 0 aliphatic carbocycles. The summed E-state index contributed by atoms with van der Waals surface area (Å²) < 4.78 is 10.6. The molecule has 2 aromatic rings. The molecule has 0 saturated carbocycles. The standard InChI is InChI=1S/C28H34N4O7/c33-25(22-7-4-12-32(18-22)28(37)39-19-21-5-2-1-3-6-21)30-24(26(34)35)17-20-8-10-23(11-9-20)29-27(36)31-13-15-38-16-14-31/h1-3,5-6,8-11,22,24H,4,7,12-19H2,(H,29,36)(H,30,33)(H,34,35)/t22?,24-/m0/s1. The van der Waals surface area contributed by atoms with Crippen molar-refractivity contribution in [3.05, 3.63) is 65.7 Å². The lowest BCUT2D eigenvalue weighted by atomic mass is 9.96. The monoisotopic (exact) mass is 538 g/mol. The maximum absolute atomic E-state index is 13.0. The van der Waals surface area contributed by atoms with Gasteiger partial charge in [-0.25, -0.2) is 14.4 Å². The summed E-state index contributed by atoms with van der Waals surface area (Å²) in [7, 11) is 0. The minimum Gasteiger partial charge on any atom is -0.480 e. The Morgan fingerprint density at radius 3 is 2.36 bits per heavy atom. The van der Waals surface area contributed by atoms with Crippen molar-refractivity contribution in [1.82, 2.24) is 15.1 Å². The summed E-state index contributed by atoms with van der Waals surface area (Å²) in [5.74, 6) is -2.08. The Balaban J connectivity index is 1.27. The van der Waals surface area contributed by atoms with E-state index < -0.39 is 29.9 Å². The molecule has 2 saturated heterocycles. The van der Waals surface area contributed by atoms with Gasteiger partial charge in [0.1, 0.15) is 12.6 Å². The molecule has 4 amide bonds. The van der Waals surface area contributed by atoms with Crippen LogP contribution in [-0.4, -0.2) is 84.3 Å². The van der Waals surface area contributed by atoms with E-state index in [0.717, 1.165) is 5.56 Å². The smallest absolute Gasteiger partial charge is 0.410 e. The van der Waals surface area contributed by atoms with Gasteiger partial charge in [-0.2, -0.15) is 0 Å². The number of morpholine rings is 1. The van der Waals surface area contributed by atoms with Crippen molar-refractivity contribution in [3.8, 4) is 0 Å². The van der Waals surface area contributed by atoms with Gasteiger partial charge < -0.3 is 35.0 Å². The zero-order valence-electron chi connectivity index (χ0n) is 21.7. The number of hydrogen-bond donors (Lipinski definition) is 3. The number of carbonyl (C=O) groups excluding carboxylic acids is 3. The van der Waals surface area contributed by atoms with Gasteiger partial charge in [0, 0.05) is 38.3 Å². The van der Waals surface area contributed by atoms with Crippen LogP contribution in [0.15, 0.2) is 54.6 Å². The quantitative estimate of drug-likeness (QED) is 0.470. The second-order valence-electron chi connectivity index (χ2n) is 9.66. The average molecular weight is 539 g/mol.